The molecule has 2 aromatic carbocycles. The Kier molecular flexibility index (Phi) is 29.9. The van der Waals surface area contributed by atoms with Crippen molar-refractivity contribution in [1.82, 2.24) is 0 Å². The van der Waals surface area contributed by atoms with Gasteiger partial charge < -0.3 is 20.6 Å². The van der Waals surface area contributed by atoms with Gasteiger partial charge in [-0.1, -0.05) is 90.3 Å². The summed E-state index contributed by atoms with van der Waals surface area (Å²) in [6.07, 6.45) is 12.5. The number of carbonyl (C=O) groups excluding carboxylic acids is 3. The highest BCUT2D eigenvalue weighted by molar-refractivity contribution is 5.91. The third-order valence-electron chi connectivity index (χ3n) is 6.32. The van der Waals surface area contributed by atoms with E-state index < -0.39 is 0 Å². The van der Waals surface area contributed by atoms with Gasteiger partial charge in [0.25, 0.3) is 0 Å². The van der Waals surface area contributed by atoms with Gasteiger partial charge in [-0.3, -0.25) is 4.79 Å². The molecule has 0 spiro atoms. The van der Waals surface area contributed by atoms with Crippen molar-refractivity contribution in [3.63, 3.8) is 0 Å². The Morgan fingerprint density at radius 2 is 1.27 bits per heavy atom. The van der Waals surface area contributed by atoms with Gasteiger partial charge in [-0.25, -0.2) is 0 Å². The van der Waals surface area contributed by atoms with Gasteiger partial charge in [-0.15, -0.1) is 0 Å². The number of Topliss-reactive ketones (excluding diaryl/α,β-unsaturated/α-hetero) is 1. The summed E-state index contributed by atoms with van der Waals surface area (Å²) in [5, 5.41) is 3.07. The smallest absolute Gasteiger partial charge is 0.221 e. The second kappa shape index (κ2) is 28.7. The van der Waals surface area contributed by atoms with Crippen molar-refractivity contribution in [2.75, 3.05) is 12.4 Å². The zero-order valence-corrected chi connectivity index (χ0v) is 28.2. The van der Waals surface area contributed by atoms with Crippen molar-refractivity contribution >= 4 is 24.2 Å². The first kappa shape index (κ1) is 42.7. The highest BCUT2D eigenvalue weighted by Gasteiger charge is 2.24. The topological polar surface area (TPSA) is 89.3 Å². The number of ketones is 1. The van der Waals surface area contributed by atoms with Crippen LogP contribution in [0.4, 0.5) is 5.69 Å². The van der Waals surface area contributed by atoms with Crippen molar-refractivity contribution < 1.29 is 14.4 Å². The van der Waals surface area contributed by atoms with E-state index in [1.807, 2.05) is 34.5 Å². The fraction of sp³-hybridized carbons (Fsp3) is 0.583. The van der Waals surface area contributed by atoms with Gasteiger partial charge in [0.1, 0.15) is 12.6 Å². The van der Waals surface area contributed by atoms with E-state index in [2.05, 4.69) is 62.2 Å². The number of amides is 1. The number of fused-ring (bicyclic) bond motifs is 2. The summed E-state index contributed by atoms with van der Waals surface area (Å²) in [5.74, 6) is 0.372. The lowest BCUT2D eigenvalue weighted by molar-refractivity contribution is -0.117. The van der Waals surface area contributed by atoms with Crippen molar-refractivity contribution in [3.8, 4) is 0 Å². The van der Waals surface area contributed by atoms with Crippen LogP contribution in [0.15, 0.2) is 30.3 Å². The van der Waals surface area contributed by atoms with Crippen LogP contribution in [0.3, 0.4) is 0 Å². The van der Waals surface area contributed by atoms with Crippen LogP contribution in [0.2, 0.25) is 0 Å². The number of hydrogen-bond donors (Lipinski definition) is 2. The lowest BCUT2D eigenvalue weighted by atomic mass is 9.99. The number of carbonyl (C=O) groups is 3. The van der Waals surface area contributed by atoms with Crippen LogP contribution in [0.5, 0.6) is 0 Å². The molecule has 41 heavy (non-hydrogen) atoms. The van der Waals surface area contributed by atoms with Crippen LogP contribution in [0, 0.1) is 6.92 Å². The summed E-state index contributed by atoms with van der Waals surface area (Å²) in [4.78, 5) is 29.5. The normalized spacial score (nSPS) is 11.1. The third-order valence-corrected chi connectivity index (χ3v) is 6.32. The molecule has 3 N–H and O–H groups in total. The molecular formula is C36H62N2O3. The number of nitrogens with two attached hydrogens (primary N) is 1. The number of aryl methyl sites for hydroxylation is 4. The number of rotatable bonds is 6. The average molecular weight is 571 g/mol. The fourth-order valence-electron chi connectivity index (χ4n) is 4.61. The molecule has 2 aliphatic rings. The van der Waals surface area contributed by atoms with Crippen LogP contribution in [0.25, 0.3) is 0 Å². The van der Waals surface area contributed by atoms with E-state index >= 15 is 0 Å². The van der Waals surface area contributed by atoms with Gasteiger partial charge in [0.2, 0.25) is 5.91 Å². The Morgan fingerprint density at radius 3 is 1.61 bits per heavy atom. The minimum absolute atomic E-state index is 0.0643. The van der Waals surface area contributed by atoms with Crippen LogP contribution in [0.1, 0.15) is 127 Å². The maximum Gasteiger partial charge on any atom is 0.221 e. The predicted molar refractivity (Wildman–Crippen MR) is 180 cm³/mol. The van der Waals surface area contributed by atoms with E-state index in [9.17, 15) is 9.59 Å². The highest BCUT2D eigenvalue weighted by atomic mass is 16.1. The molecule has 0 bridgehead atoms. The zero-order chi connectivity index (χ0) is 32.2. The van der Waals surface area contributed by atoms with Gasteiger partial charge in [0, 0.05) is 19.0 Å². The Hall–Kier alpha value is -2.79. The maximum absolute atomic E-state index is 11.3. The predicted octanol–water partition coefficient (Wildman–Crippen LogP) is 8.78. The molecule has 0 fully saturated rings. The van der Waals surface area contributed by atoms with Crippen molar-refractivity contribution in [2.24, 2.45) is 5.73 Å². The molecule has 0 unspecified atom stereocenters. The summed E-state index contributed by atoms with van der Waals surface area (Å²) in [5.41, 5.74) is 14.2. The molecular weight excluding hydrogens is 508 g/mol. The first-order valence-electron chi connectivity index (χ1n) is 15.7. The molecule has 234 valence electrons. The van der Waals surface area contributed by atoms with E-state index in [1.54, 1.807) is 13.8 Å². The summed E-state index contributed by atoms with van der Waals surface area (Å²) in [7, 11) is 1.50. The monoisotopic (exact) mass is 570 g/mol. The Bertz CT molecular complexity index is 905. The maximum atomic E-state index is 11.3. The van der Waals surface area contributed by atoms with Crippen molar-refractivity contribution in [1.29, 1.82) is 0 Å². The van der Waals surface area contributed by atoms with E-state index in [0.29, 0.717) is 5.78 Å². The Balaban J connectivity index is -0.000000502. The molecule has 0 aliphatic heterocycles. The van der Waals surface area contributed by atoms with E-state index in [0.717, 1.165) is 37.8 Å². The minimum atomic E-state index is 0.0643. The second-order valence-corrected chi connectivity index (χ2v) is 9.46. The quantitative estimate of drug-likeness (QED) is 0.363. The lowest BCUT2D eigenvalue weighted by Crippen LogP contribution is -2.11. The summed E-state index contributed by atoms with van der Waals surface area (Å²) >= 11 is 0. The van der Waals surface area contributed by atoms with Gasteiger partial charge in [-0.05, 0) is 100 Å². The molecule has 5 heteroatoms. The van der Waals surface area contributed by atoms with Gasteiger partial charge in [0.15, 0.2) is 0 Å². The molecule has 0 saturated heterocycles. The molecule has 0 saturated carbocycles. The minimum Gasteiger partial charge on any atom is -0.333 e. The zero-order valence-electron chi connectivity index (χ0n) is 28.2. The van der Waals surface area contributed by atoms with Gasteiger partial charge >= 0.3 is 0 Å². The lowest BCUT2D eigenvalue weighted by Gasteiger charge is -2.14. The highest BCUT2D eigenvalue weighted by Crippen LogP contribution is 2.38. The number of hydrogen-bond acceptors (Lipinski definition) is 4. The molecule has 0 atom stereocenters. The summed E-state index contributed by atoms with van der Waals surface area (Å²) < 4.78 is 0. The molecule has 0 aromatic heterocycles. The molecule has 0 radical (unpaired) electrons. The molecule has 4 rings (SSSR count). The van der Waals surface area contributed by atoms with E-state index in [4.69, 9.17) is 4.79 Å². The largest absolute Gasteiger partial charge is 0.333 e. The number of nitrogens with one attached hydrogen (secondary N) is 1. The molecule has 2 aromatic rings. The van der Waals surface area contributed by atoms with Crippen LogP contribution < -0.4 is 11.1 Å². The first-order valence-corrected chi connectivity index (χ1v) is 15.7. The molecule has 1 amide bonds. The van der Waals surface area contributed by atoms with Crippen molar-refractivity contribution in [3.05, 3.63) is 63.7 Å². The van der Waals surface area contributed by atoms with Crippen LogP contribution >= 0.6 is 0 Å². The number of anilines is 1. The van der Waals surface area contributed by atoms with E-state index in [1.165, 1.54) is 79.0 Å². The standard InChI is InChI=1S/C14H17NO.C10H14.C6H12O.2C2H6.CH5N.CH2O/c1-9(16)15-14-12-6-2-4-10(12)8-11-5-3-7-13(11)14;1-3-4-10-7-5-9(2)6-8-10;1-3-4-5-6(2)7;4*1-2/h8H,2-7H2,1H3,(H,15,16);5-8H,3-4H2,1-2H3;3-5H2,1-2H3;2*1-2H3;2H2,1H3;1H2. The van der Waals surface area contributed by atoms with Crippen LogP contribution in [-0.2, 0) is 46.5 Å². The van der Waals surface area contributed by atoms with Crippen molar-refractivity contribution in [2.45, 2.75) is 133 Å². The molecule has 2 aliphatic carbocycles. The Labute approximate surface area is 253 Å². The third kappa shape index (κ3) is 18.3. The summed E-state index contributed by atoms with van der Waals surface area (Å²) in [6.45, 7) is 19.7. The average Bonchev–Trinajstić information content (AvgIpc) is 3.68. The number of benzene rings is 2. The first-order chi connectivity index (χ1) is 19.8. The Morgan fingerprint density at radius 1 is 0.805 bits per heavy atom. The summed E-state index contributed by atoms with van der Waals surface area (Å²) in [6, 6.07) is 11.1. The van der Waals surface area contributed by atoms with Gasteiger partial charge in [-0.2, -0.15) is 0 Å². The SMILES string of the molecule is C=O.CC.CC.CC(=O)Nc1c2c(cc3c1CCC3)CCC2.CCCCC(C)=O.CCCc1ccc(C)cc1.CN. The van der Waals surface area contributed by atoms with Gasteiger partial charge in [0.05, 0.1) is 0 Å². The molecule has 5 nitrogen and oxygen atoms in total. The van der Waals surface area contributed by atoms with Crippen LogP contribution in [-0.4, -0.2) is 25.5 Å². The number of unbranched alkanes of at least 4 members (excludes halogenated alkanes) is 1. The van der Waals surface area contributed by atoms with E-state index in [-0.39, 0.29) is 5.91 Å². The molecule has 0 heterocycles. The fourth-order valence-corrected chi connectivity index (χ4v) is 4.61. The second-order valence-electron chi connectivity index (χ2n) is 9.46.